The molecular formula is C24H23ClN2O2. The monoisotopic (exact) mass is 406 g/mol. The zero-order valence-corrected chi connectivity index (χ0v) is 16.8. The molecule has 0 aromatic heterocycles. The molecule has 1 aliphatic carbocycles. The first-order valence-electron chi connectivity index (χ1n) is 9.74. The topological polar surface area (TPSA) is 52.6 Å². The molecule has 2 aliphatic rings. The normalized spacial score (nSPS) is 14.3. The van der Waals surface area contributed by atoms with Crippen LogP contribution in [-0.2, 0) is 13.0 Å². The third-order valence-corrected chi connectivity index (χ3v) is 5.97. The third-order valence-electron chi connectivity index (χ3n) is 5.97. The highest BCUT2D eigenvalue weighted by molar-refractivity contribution is 5.89. The largest absolute Gasteiger partial charge is 0.465 e. The predicted octanol–water partition coefficient (Wildman–Crippen LogP) is 5.05. The lowest BCUT2D eigenvalue weighted by atomic mass is 9.94. The third kappa shape index (κ3) is 3.28. The number of rotatable bonds is 3. The van der Waals surface area contributed by atoms with Gasteiger partial charge in [0.1, 0.15) is 0 Å². The first-order valence-corrected chi connectivity index (χ1v) is 9.74. The highest BCUT2D eigenvalue weighted by atomic mass is 35.5. The Morgan fingerprint density at radius 3 is 2.28 bits per heavy atom. The summed E-state index contributed by atoms with van der Waals surface area (Å²) in [6.07, 6.45) is 0.0342. The van der Waals surface area contributed by atoms with E-state index in [2.05, 4.69) is 35.6 Å². The first kappa shape index (κ1) is 19.5. The predicted molar refractivity (Wildman–Crippen MR) is 118 cm³/mol. The number of anilines is 1. The van der Waals surface area contributed by atoms with Crippen LogP contribution in [0.1, 0.15) is 28.2 Å². The molecule has 0 unspecified atom stereocenters. The number of nitrogens with one attached hydrogen (secondary N) is 1. The molecule has 0 fully saturated rings. The van der Waals surface area contributed by atoms with E-state index >= 15 is 0 Å². The lowest BCUT2D eigenvalue weighted by molar-refractivity contribution is 0.201. The Morgan fingerprint density at radius 1 is 0.966 bits per heavy atom. The van der Waals surface area contributed by atoms with Crippen molar-refractivity contribution in [1.82, 2.24) is 5.32 Å². The van der Waals surface area contributed by atoms with E-state index in [1.54, 1.807) is 0 Å². The Balaban J connectivity index is 0.00000205. The molecule has 1 heterocycles. The number of halogens is 1. The van der Waals surface area contributed by atoms with Gasteiger partial charge in [-0.15, -0.1) is 12.4 Å². The Hall–Kier alpha value is -2.82. The van der Waals surface area contributed by atoms with Crippen molar-refractivity contribution in [2.24, 2.45) is 0 Å². The molecule has 29 heavy (non-hydrogen) atoms. The molecule has 3 aromatic carbocycles. The van der Waals surface area contributed by atoms with Crippen LogP contribution in [0.25, 0.3) is 11.1 Å². The smallest absolute Gasteiger partial charge is 0.411 e. The molecular weight excluding hydrogens is 384 g/mol. The molecule has 2 N–H and O–H groups in total. The van der Waals surface area contributed by atoms with Crippen LogP contribution >= 0.6 is 12.4 Å². The van der Waals surface area contributed by atoms with Gasteiger partial charge in [-0.05, 0) is 52.4 Å². The van der Waals surface area contributed by atoms with Crippen molar-refractivity contribution >= 4 is 24.2 Å². The Bertz CT molecular complexity index is 1020. The summed E-state index contributed by atoms with van der Waals surface area (Å²) in [5, 5.41) is 13.5. The van der Waals surface area contributed by atoms with Crippen LogP contribution in [0, 0.1) is 0 Å². The van der Waals surface area contributed by atoms with Gasteiger partial charge in [-0.1, -0.05) is 60.7 Å². The molecule has 0 saturated heterocycles. The van der Waals surface area contributed by atoms with Crippen molar-refractivity contribution in [2.75, 3.05) is 18.0 Å². The summed E-state index contributed by atoms with van der Waals surface area (Å²) in [5.41, 5.74) is 8.00. The van der Waals surface area contributed by atoms with E-state index in [0.29, 0.717) is 13.1 Å². The van der Waals surface area contributed by atoms with Gasteiger partial charge in [-0.25, -0.2) is 4.79 Å². The summed E-state index contributed by atoms with van der Waals surface area (Å²) in [4.78, 5) is 13.8. The fraction of sp³-hybridized carbons (Fsp3) is 0.208. The van der Waals surface area contributed by atoms with Gasteiger partial charge in [-0.2, -0.15) is 0 Å². The summed E-state index contributed by atoms with van der Waals surface area (Å²) in [6.45, 7) is 2.07. The highest BCUT2D eigenvalue weighted by Crippen LogP contribution is 2.45. The average molecular weight is 407 g/mol. The van der Waals surface area contributed by atoms with Gasteiger partial charge in [0.15, 0.2) is 0 Å². The van der Waals surface area contributed by atoms with Crippen LogP contribution in [0.15, 0.2) is 66.7 Å². The molecule has 0 saturated carbocycles. The molecule has 4 nitrogen and oxygen atoms in total. The molecule has 5 rings (SSSR count). The second-order valence-electron chi connectivity index (χ2n) is 7.46. The number of carbonyl (C=O) groups is 1. The van der Waals surface area contributed by atoms with Crippen LogP contribution in [0.3, 0.4) is 0 Å². The van der Waals surface area contributed by atoms with Gasteiger partial charge in [0, 0.05) is 19.0 Å². The minimum absolute atomic E-state index is 0. The maximum Gasteiger partial charge on any atom is 0.411 e. The molecule has 1 aliphatic heterocycles. The zero-order chi connectivity index (χ0) is 19.1. The minimum atomic E-state index is -0.902. The molecule has 148 valence electrons. The molecule has 0 radical (unpaired) electrons. The Kier molecular flexibility index (Phi) is 5.31. The van der Waals surface area contributed by atoms with Crippen molar-refractivity contribution in [3.63, 3.8) is 0 Å². The van der Waals surface area contributed by atoms with E-state index in [1.165, 1.54) is 32.7 Å². The van der Waals surface area contributed by atoms with E-state index in [4.69, 9.17) is 0 Å². The van der Waals surface area contributed by atoms with Crippen LogP contribution < -0.4 is 10.2 Å². The molecule has 0 atom stereocenters. The number of nitrogens with zero attached hydrogens (tertiary/aromatic N) is 1. The lowest BCUT2D eigenvalue weighted by Gasteiger charge is -2.29. The van der Waals surface area contributed by atoms with Crippen LogP contribution in [0.4, 0.5) is 10.5 Å². The van der Waals surface area contributed by atoms with Crippen molar-refractivity contribution in [1.29, 1.82) is 0 Å². The van der Waals surface area contributed by atoms with Gasteiger partial charge in [0.05, 0.1) is 5.69 Å². The fourth-order valence-electron chi connectivity index (χ4n) is 4.67. The zero-order valence-electron chi connectivity index (χ0n) is 16.0. The summed E-state index contributed by atoms with van der Waals surface area (Å²) in [6, 6.07) is 22.7. The second-order valence-corrected chi connectivity index (χ2v) is 7.46. The molecule has 1 amide bonds. The van der Waals surface area contributed by atoms with E-state index < -0.39 is 6.09 Å². The molecule has 3 aromatic rings. The second kappa shape index (κ2) is 7.90. The van der Waals surface area contributed by atoms with Crippen molar-refractivity contribution < 1.29 is 9.90 Å². The lowest BCUT2D eigenvalue weighted by Crippen LogP contribution is -2.36. The van der Waals surface area contributed by atoms with E-state index in [9.17, 15) is 9.90 Å². The summed E-state index contributed by atoms with van der Waals surface area (Å²) in [7, 11) is 0. The van der Waals surface area contributed by atoms with Gasteiger partial charge in [-0.3, -0.25) is 4.90 Å². The summed E-state index contributed by atoms with van der Waals surface area (Å²) < 4.78 is 0. The molecule has 0 bridgehead atoms. The quantitative estimate of drug-likeness (QED) is 0.639. The van der Waals surface area contributed by atoms with Crippen molar-refractivity contribution in [3.05, 3.63) is 89.0 Å². The first-order chi connectivity index (χ1) is 13.7. The summed E-state index contributed by atoms with van der Waals surface area (Å²) in [5.74, 6) is 0.0379. The van der Waals surface area contributed by atoms with Gasteiger partial charge < -0.3 is 10.4 Å². The Morgan fingerprint density at radius 2 is 1.62 bits per heavy atom. The minimum Gasteiger partial charge on any atom is -0.465 e. The Labute approximate surface area is 176 Å². The number of carboxylic acid groups (broad SMARTS) is 1. The number of fused-ring (bicyclic) bond motifs is 4. The highest BCUT2D eigenvalue weighted by Gasteiger charge is 2.32. The standard InChI is InChI=1S/C24H22N2O2.ClH/c27-24(28)26(23-11-5-6-16-12-13-25-14-21(16)23)15-22-19-9-3-1-7-17(19)18-8-2-4-10-20(18)22;/h1-11,22,25H,12-15H2,(H,27,28);1H. The SMILES string of the molecule is Cl.O=C(O)N(CC1c2ccccc2-c2ccccc21)c1cccc2c1CNCC2. The van der Waals surface area contributed by atoms with Crippen LogP contribution in [-0.4, -0.2) is 24.3 Å². The van der Waals surface area contributed by atoms with Crippen LogP contribution in [0.5, 0.6) is 0 Å². The van der Waals surface area contributed by atoms with Crippen molar-refractivity contribution in [2.45, 2.75) is 18.9 Å². The number of hydrogen-bond donors (Lipinski definition) is 2. The van der Waals surface area contributed by atoms with Gasteiger partial charge >= 0.3 is 6.09 Å². The van der Waals surface area contributed by atoms with Gasteiger partial charge in [0.25, 0.3) is 0 Å². The maximum atomic E-state index is 12.3. The van der Waals surface area contributed by atoms with Crippen molar-refractivity contribution in [3.8, 4) is 11.1 Å². The number of amides is 1. The van der Waals surface area contributed by atoms with E-state index in [-0.39, 0.29) is 18.3 Å². The fourth-order valence-corrected chi connectivity index (χ4v) is 4.67. The van der Waals surface area contributed by atoms with E-state index in [1.807, 2.05) is 36.4 Å². The summed E-state index contributed by atoms with van der Waals surface area (Å²) >= 11 is 0. The average Bonchev–Trinajstić information content (AvgIpc) is 3.05. The van der Waals surface area contributed by atoms with Crippen LogP contribution in [0.2, 0.25) is 0 Å². The van der Waals surface area contributed by atoms with Gasteiger partial charge in [0.2, 0.25) is 0 Å². The molecule has 5 heteroatoms. The number of benzene rings is 3. The molecule has 0 spiro atoms. The number of hydrogen-bond acceptors (Lipinski definition) is 2. The maximum absolute atomic E-state index is 12.3. The van der Waals surface area contributed by atoms with E-state index in [0.717, 1.165) is 24.2 Å².